The summed E-state index contributed by atoms with van der Waals surface area (Å²) in [5.74, 6) is -2.08. The van der Waals surface area contributed by atoms with E-state index in [9.17, 15) is 22.8 Å². The SMILES string of the molecule is CCCS(=O)(=O)N1CCCC1C(=O)Nc1ccc(C(=O)NCC(=O)O)cc1. The summed E-state index contributed by atoms with van der Waals surface area (Å²) in [6, 6.07) is 5.18. The van der Waals surface area contributed by atoms with E-state index < -0.39 is 40.4 Å². The van der Waals surface area contributed by atoms with Crippen LogP contribution in [-0.4, -0.2) is 60.5 Å². The monoisotopic (exact) mass is 397 g/mol. The molecule has 10 heteroatoms. The van der Waals surface area contributed by atoms with Gasteiger partial charge < -0.3 is 15.7 Å². The summed E-state index contributed by atoms with van der Waals surface area (Å²) in [4.78, 5) is 34.7. The van der Waals surface area contributed by atoms with Crippen LogP contribution in [0.25, 0.3) is 0 Å². The number of nitrogens with one attached hydrogen (secondary N) is 2. The van der Waals surface area contributed by atoms with Crippen LogP contribution in [0, 0.1) is 0 Å². The number of rotatable bonds is 8. The van der Waals surface area contributed by atoms with Gasteiger partial charge in [-0.25, -0.2) is 8.42 Å². The molecule has 0 saturated carbocycles. The van der Waals surface area contributed by atoms with Crippen LogP contribution >= 0.6 is 0 Å². The maximum absolute atomic E-state index is 12.5. The van der Waals surface area contributed by atoms with Gasteiger partial charge in [-0.2, -0.15) is 4.31 Å². The zero-order valence-corrected chi connectivity index (χ0v) is 15.8. The lowest BCUT2D eigenvalue weighted by atomic mass is 10.1. The van der Waals surface area contributed by atoms with Gasteiger partial charge in [-0.3, -0.25) is 14.4 Å². The van der Waals surface area contributed by atoms with Gasteiger partial charge in [0.05, 0.1) is 5.75 Å². The van der Waals surface area contributed by atoms with E-state index in [1.807, 2.05) is 0 Å². The van der Waals surface area contributed by atoms with Crippen molar-refractivity contribution in [2.45, 2.75) is 32.2 Å². The molecule has 1 atom stereocenters. The minimum atomic E-state index is -3.46. The molecule has 1 aliphatic rings. The Kier molecular flexibility index (Phi) is 6.92. The first-order valence-electron chi connectivity index (χ1n) is 8.65. The van der Waals surface area contributed by atoms with Crippen molar-refractivity contribution in [3.8, 4) is 0 Å². The minimum Gasteiger partial charge on any atom is -0.480 e. The molecule has 2 rings (SSSR count). The molecule has 0 aliphatic carbocycles. The molecule has 1 unspecified atom stereocenters. The van der Waals surface area contributed by atoms with Crippen molar-refractivity contribution < 1.29 is 27.9 Å². The first-order valence-corrected chi connectivity index (χ1v) is 10.3. The molecule has 27 heavy (non-hydrogen) atoms. The van der Waals surface area contributed by atoms with Crippen molar-refractivity contribution in [3.05, 3.63) is 29.8 Å². The summed E-state index contributed by atoms with van der Waals surface area (Å²) in [6.45, 7) is 1.63. The molecule has 148 valence electrons. The highest BCUT2D eigenvalue weighted by Gasteiger charge is 2.38. The van der Waals surface area contributed by atoms with E-state index in [0.29, 0.717) is 31.5 Å². The molecule has 2 amide bonds. The third-order valence-corrected chi connectivity index (χ3v) is 6.22. The van der Waals surface area contributed by atoms with E-state index in [-0.39, 0.29) is 11.3 Å². The fourth-order valence-corrected chi connectivity index (χ4v) is 4.65. The average Bonchev–Trinajstić information content (AvgIpc) is 3.11. The summed E-state index contributed by atoms with van der Waals surface area (Å²) < 4.78 is 25.8. The second-order valence-corrected chi connectivity index (χ2v) is 8.27. The van der Waals surface area contributed by atoms with Crippen LogP contribution in [0.15, 0.2) is 24.3 Å². The Morgan fingerprint density at radius 3 is 2.48 bits per heavy atom. The maximum Gasteiger partial charge on any atom is 0.322 e. The number of nitrogens with zero attached hydrogens (tertiary/aromatic N) is 1. The van der Waals surface area contributed by atoms with Crippen LogP contribution in [0.4, 0.5) is 5.69 Å². The number of aliphatic carboxylic acids is 1. The molecule has 1 aromatic rings. The predicted molar refractivity (Wildman–Crippen MR) is 98.8 cm³/mol. The van der Waals surface area contributed by atoms with Gasteiger partial charge >= 0.3 is 5.97 Å². The molecule has 0 spiro atoms. The molecular weight excluding hydrogens is 374 g/mol. The van der Waals surface area contributed by atoms with Crippen LogP contribution in [-0.2, 0) is 19.6 Å². The van der Waals surface area contributed by atoms with E-state index in [2.05, 4.69) is 10.6 Å². The van der Waals surface area contributed by atoms with Crippen LogP contribution < -0.4 is 10.6 Å². The number of anilines is 1. The Morgan fingerprint density at radius 2 is 1.89 bits per heavy atom. The lowest BCUT2D eigenvalue weighted by molar-refractivity contribution is -0.135. The fraction of sp³-hybridized carbons (Fsp3) is 0.471. The van der Waals surface area contributed by atoms with Gasteiger partial charge in [0.1, 0.15) is 12.6 Å². The highest BCUT2D eigenvalue weighted by Crippen LogP contribution is 2.23. The number of amides is 2. The van der Waals surface area contributed by atoms with Crippen LogP contribution in [0.2, 0.25) is 0 Å². The molecule has 3 N–H and O–H groups in total. The van der Waals surface area contributed by atoms with Crippen molar-refractivity contribution in [3.63, 3.8) is 0 Å². The van der Waals surface area contributed by atoms with Crippen molar-refractivity contribution >= 4 is 33.5 Å². The third-order valence-electron chi connectivity index (χ3n) is 4.14. The first kappa shape index (κ1) is 20.8. The largest absolute Gasteiger partial charge is 0.480 e. The zero-order valence-electron chi connectivity index (χ0n) is 15.0. The Hall–Kier alpha value is -2.46. The Labute approximate surface area is 157 Å². The van der Waals surface area contributed by atoms with Gasteiger partial charge in [-0.15, -0.1) is 0 Å². The number of carboxylic acids is 1. The van der Waals surface area contributed by atoms with Crippen LogP contribution in [0.5, 0.6) is 0 Å². The standard InChI is InChI=1S/C17H23N3O6S/c1-2-10-27(25,26)20-9-3-4-14(20)17(24)19-13-7-5-12(6-8-13)16(23)18-11-15(21)22/h5-8,14H,2-4,9-11H2,1H3,(H,18,23)(H,19,24)(H,21,22). The lowest BCUT2D eigenvalue weighted by Crippen LogP contribution is -2.44. The number of hydrogen-bond donors (Lipinski definition) is 3. The molecular formula is C17H23N3O6S. The zero-order chi connectivity index (χ0) is 20.0. The van der Waals surface area contributed by atoms with Crippen molar-refractivity contribution in [2.75, 3.05) is 24.2 Å². The van der Waals surface area contributed by atoms with Gasteiger partial charge in [-0.1, -0.05) is 6.92 Å². The Morgan fingerprint density at radius 1 is 1.22 bits per heavy atom. The summed E-state index contributed by atoms with van der Waals surface area (Å²) >= 11 is 0. The summed E-state index contributed by atoms with van der Waals surface area (Å²) in [6.07, 6.45) is 1.58. The Bertz CT molecular complexity index is 806. The average molecular weight is 397 g/mol. The van der Waals surface area contributed by atoms with Crippen LogP contribution in [0.3, 0.4) is 0 Å². The second-order valence-electron chi connectivity index (χ2n) is 6.23. The molecule has 0 radical (unpaired) electrons. The summed E-state index contributed by atoms with van der Waals surface area (Å²) in [7, 11) is -3.46. The molecule has 9 nitrogen and oxygen atoms in total. The first-order chi connectivity index (χ1) is 12.7. The van der Waals surface area contributed by atoms with Gasteiger partial charge in [0, 0.05) is 17.8 Å². The molecule has 1 fully saturated rings. The second kappa shape index (κ2) is 8.96. The van der Waals surface area contributed by atoms with Crippen molar-refractivity contribution in [2.24, 2.45) is 0 Å². The summed E-state index contributed by atoms with van der Waals surface area (Å²) in [5, 5.41) is 13.5. The number of carbonyl (C=O) groups is 3. The van der Waals surface area contributed by atoms with E-state index >= 15 is 0 Å². The number of carbonyl (C=O) groups excluding carboxylic acids is 2. The maximum atomic E-state index is 12.5. The lowest BCUT2D eigenvalue weighted by Gasteiger charge is -2.23. The van der Waals surface area contributed by atoms with Crippen molar-refractivity contribution in [1.82, 2.24) is 9.62 Å². The third kappa shape index (κ3) is 5.51. The predicted octanol–water partition coefficient (Wildman–Crippen LogP) is 0.644. The van der Waals surface area contributed by atoms with Gasteiger partial charge in [0.2, 0.25) is 15.9 Å². The van der Waals surface area contributed by atoms with Gasteiger partial charge in [0.15, 0.2) is 0 Å². The molecule has 1 aromatic carbocycles. The smallest absolute Gasteiger partial charge is 0.322 e. The number of carboxylic acid groups (broad SMARTS) is 1. The molecule has 1 saturated heterocycles. The van der Waals surface area contributed by atoms with E-state index in [4.69, 9.17) is 5.11 Å². The normalized spacial score (nSPS) is 17.4. The molecule has 0 aromatic heterocycles. The highest BCUT2D eigenvalue weighted by atomic mass is 32.2. The van der Waals surface area contributed by atoms with Gasteiger partial charge in [-0.05, 0) is 43.5 Å². The van der Waals surface area contributed by atoms with E-state index in [0.717, 1.165) is 0 Å². The molecule has 1 aliphatic heterocycles. The quantitative estimate of drug-likeness (QED) is 0.590. The topological polar surface area (TPSA) is 133 Å². The number of benzene rings is 1. The van der Waals surface area contributed by atoms with Gasteiger partial charge in [0.25, 0.3) is 5.91 Å². The number of hydrogen-bond acceptors (Lipinski definition) is 5. The van der Waals surface area contributed by atoms with E-state index in [1.165, 1.54) is 28.6 Å². The molecule has 1 heterocycles. The van der Waals surface area contributed by atoms with Crippen LogP contribution in [0.1, 0.15) is 36.5 Å². The minimum absolute atomic E-state index is 0.0108. The van der Waals surface area contributed by atoms with Crippen molar-refractivity contribution in [1.29, 1.82) is 0 Å². The molecule has 0 bridgehead atoms. The Balaban J connectivity index is 2.01. The highest BCUT2D eigenvalue weighted by molar-refractivity contribution is 7.89. The number of sulfonamides is 1. The van der Waals surface area contributed by atoms with E-state index in [1.54, 1.807) is 6.92 Å². The summed E-state index contributed by atoms with van der Waals surface area (Å²) in [5.41, 5.74) is 0.678. The fourth-order valence-electron chi connectivity index (χ4n) is 2.90.